The number of H-pyrrole nitrogens is 1. The molecule has 0 aliphatic heterocycles. The summed E-state index contributed by atoms with van der Waals surface area (Å²) in [5, 5.41) is 4.21. The van der Waals surface area contributed by atoms with Crippen LogP contribution in [0.5, 0.6) is 5.75 Å². The van der Waals surface area contributed by atoms with Crippen LogP contribution >= 0.6 is 11.6 Å². The Bertz CT molecular complexity index is 1250. The van der Waals surface area contributed by atoms with Crippen molar-refractivity contribution in [3.8, 4) is 5.75 Å². The van der Waals surface area contributed by atoms with E-state index in [0.29, 0.717) is 33.3 Å². The number of hydrogen-bond acceptors (Lipinski definition) is 4. The lowest BCUT2D eigenvalue weighted by molar-refractivity contribution is 0.201. The third kappa shape index (κ3) is 4.90. The Kier molecular flexibility index (Phi) is 5.95. The standard InChI is InChI=1S/C23H20ClN3O4/c1-30-19-8-9-21-15(12-19)11-16(22(28)26-21)13-27(14-20-3-2-10-31-20)23(29)25-18-6-4-17(24)5-7-18/h2-12H,13-14H2,1H3,(H,25,29)(H,26,28). The molecule has 0 fully saturated rings. The van der Waals surface area contributed by atoms with E-state index in [1.807, 2.05) is 6.07 Å². The molecule has 4 aromatic rings. The minimum Gasteiger partial charge on any atom is -0.497 e. The molecule has 0 spiro atoms. The van der Waals surface area contributed by atoms with E-state index in [2.05, 4.69) is 10.3 Å². The fourth-order valence-corrected chi connectivity index (χ4v) is 3.33. The van der Waals surface area contributed by atoms with E-state index in [1.165, 1.54) is 4.90 Å². The zero-order valence-electron chi connectivity index (χ0n) is 16.7. The number of anilines is 1. The van der Waals surface area contributed by atoms with Gasteiger partial charge in [0.15, 0.2) is 0 Å². The number of urea groups is 1. The third-order valence-electron chi connectivity index (χ3n) is 4.80. The van der Waals surface area contributed by atoms with Gasteiger partial charge in [0.1, 0.15) is 11.5 Å². The van der Waals surface area contributed by atoms with Gasteiger partial charge in [-0.15, -0.1) is 0 Å². The average molecular weight is 438 g/mol. The molecule has 8 heteroatoms. The summed E-state index contributed by atoms with van der Waals surface area (Å²) in [4.78, 5) is 30.0. The molecule has 0 bridgehead atoms. The van der Waals surface area contributed by atoms with Gasteiger partial charge in [-0.3, -0.25) is 4.79 Å². The van der Waals surface area contributed by atoms with Crippen LogP contribution in [-0.2, 0) is 13.1 Å². The molecule has 0 aliphatic rings. The zero-order chi connectivity index (χ0) is 21.8. The molecular weight excluding hydrogens is 418 g/mol. The molecule has 0 aliphatic carbocycles. The fraction of sp³-hybridized carbons (Fsp3) is 0.130. The predicted octanol–water partition coefficient (Wildman–Crippen LogP) is 5.02. The molecule has 0 saturated heterocycles. The summed E-state index contributed by atoms with van der Waals surface area (Å²) in [5.74, 6) is 1.28. The van der Waals surface area contributed by atoms with Crippen molar-refractivity contribution in [3.63, 3.8) is 0 Å². The second kappa shape index (κ2) is 8.97. The Morgan fingerprint density at radius 2 is 1.94 bits per heavy atom. The molecule has 4 rings (SSSR count). The Labute approximate surface area is 183 Å². The normalized spacial score (nSPS) is 10.8. The number of nitrogens with one attached hydrogen (secondary N) is 2. The molecule has 0 atom stereocenters. The smallest absolute Gasteiger partial charge is 0.322 e. The Morgan fingerprint density at radius 3 is 2.65 bits per heavy atom. The first-order chi connectivity index (χ1) is 15.0. The Morgan fingerprint density at radius 1 is 1.13 bits per heavy atom. The molecule has 0 radical (unpaired) electrons. The molecule has 0 saturated carbocycles. The van der Waals surface area contributed by atoms with Gasteiger partial charge in [0, 0.05) is 27.2 Å². The molecule has 2 aromatic heterocycles. The number of methoxy groups -OCH3 is 1. The van der Waals surface area contributed by atoms with Crippen molar-refractivity contribution >= 4 is 34.2 Å². The highest BCUT2D eigenvalue weighted by molar-refractivity contribution is 6.30. The van der Waals surface area contributed by atoms with E-state index in [9.17, 15) is 9.59 Å². The summed E-state index contributed by atoms with van der Waals surface area (Å²) in [6.07, 6.45) is 1.54. The van der Waals surface area contributed by atoms with Crippen LogP contribution in [0.2, 0.25) is 5.02 Å². The highest BCUT2D eigenvalue weighted by Gasteiger charge is 2.18. The van der Waals surface area contributed by atoms with Crippen molar-refractivity contribution in [2.75, 3.05) is 12.4 Å². The van der Waals surface area contributed by atoms with E-state index >= 15 is 0 Å². The van der Waals surface area contributed by atoms with Gasteiger partial charge in [-0.1, -0.05) is 11.6 Å². The highest BCUT2D eigenvalue weighted by Crippen LogP contribution is 2.20. The maximum Gasteiger partial charge on any atom is 0.322 e. The number of furan rings is 1. The quantitative estimate of drug-likeness (QED) is 0.443. The van der Waals surface area contributed by atoms with Crippen molar-refractivity contribution in [1.29, 1.82) is 0 Å². The van der Waals surface area contributed by atoms with Crippen molar-refractivity contribution in [3.05, 3.63) is 93.6 Å². The number of aromatic amines is 1. The van der Waals surface area contributed by atoms with E-state index in [-0.39, 0.29) is 24.7 Å². The van der Waals surface area contributed by atoms with E-state index < -0.39 is 0 Å². The van der Waals surface area contributed by atoms with Crippen molar-refractivity contribution in [2.24, 2.45) is 0 Å². The first-order valence-electron chi connectivity index (χ1n) is 9.55. The Hall–Kier alpha value is -3.71. The summed E-state index contributed by atoms with van der Waals surface area (Å²) in [7, 11) is 1.58. The summed E-state index contributed by atoms with van der Waals surface area (Å²) in [6.45, 7) is 0.282. The lowest BCUT2D eigenvalue weighted by Gasteiger charge is -2.22. The molecule has 2 N–H and O–H groups in total. The van der Waals surface area contributed by atoms with Crippen molar-refractivity contribution in [1.82, 2.24) is 9.88 Å². The second-order valence-electron chi connectivity index (χ2n) is 6.95. The number of aromatic nitrogens is 1. The highest BCUT2D eigenvalue weighted by atomic mass is 35.5. The van der Waals surface area contributed by atoms with Crippen LogP contribution in [0.4, 0.5) is 10.5 Å². The number of rotatable bonds is 6. The van der Waals surface area contributed by atoms with E-state index in [1.54, 1.807) is 68.0 Å². The summed E-state index contributed by atoms with van der Waals surface area (Å²) in [6, 6.07) is 17.1. The number of carbonyl (C=O) groups is 1. The number of benzene rings is 2. The van der Waals surface area contributed by atoms with Gasteiger partial charge in [0.05, 0.1) is 26.5 Å². The number of amides is 2. The number of halogens is 1. The largest absolute Gasteiger partial charge is 0.497 e. The second-order valence-corrected chi connectivity index (χ2v) is 7.39. The number of ether oxygens (including phenoxy) is 1. The number of nitrogens with zero attached hydrogens (tertiary/aromatic N) is 1. The first kappa shape index (κ1) is 20.6. The third-order valence-corrected chi connectivity index (χ3v) is 5.05. The SMILES string of the molecule is COc1ccc2[nH]c(=O)c(CN(Cc3ccco3)C(=O)Nc3ccc(Cl)cc3)cc2c1. The lowest BCUT2D eigenvalue weighted by atomic mass is 10.1. The molecule has 7 nitrogen and oxygen atoms in total. The van der Waals surface area contributed by atoms with Crippen LogP contribution in [0.1, 0.15) is 11.3 Å². The van der Waals surface area contributed by atoms with Crippen LogP contribution in [0.25, 0.3) is 10.9 Å². The van der Waals surface area contributed by atoms with E-state index in [4.69, 9.17) is 20.8 Å². The van der Waals surface area contributed by atoms with Gasteiger partial charge in [-0.2, -0.15) is 0 Å². The maximum atomic E-state index is 13.0. The number of hydrogen-bond donors (Lipinski definition) is 2. The van der Waals surface area contributed by atoms with Gasteiger partial charge in [-0.25, -0.2) is 4.79 Å². The minimum atomic E-state index is -0.371. The molecule has 2 amide bonds. The fourth-order valence-electron chi connectivity index (χ4n) is 3.21. The van der Waals surface area contributed by atoms with Gasteiger partial charge in [-0.05, 0) is 60.7 Å². The number of pyridine rings is 1. The molecule has 2 heterocycles. The monoisotopic (exact) mass is 437 g/mol. The maximum absolute atomic E-state index is 13.0. The van der Waals surface area contributed by atoms with Crippen LogP contribution in [0.3, 0.4) is 0 Å². The van der Waals surface area contributed by atoms with Crippen molar-refractivity contribution < 1.29 is 13.9 Å². The summed E-state index contributed by atoms with van der Waals surface area (Å²) >= 11 is 5.92. The van der Waals surface area contributed by atoms with Crippen LogP contribution < -0.4 is 15.6 Å². The first-order valence-corrected chi connectivity index (χ1v) is 9.93. The summed E-state index contributed by atoms with van der Waals surface area (Å²) < 4.78 is 10.7. The lowest BCUT2D eigenvalue weighted by Crippen LogP contribution is -2.35. The molecule has 31 heavy (non-hydrogen) atoms. The van der Waals surface area contributed by atoms with Gasteiger partial charge < -0.3 is 24.4 Å². The predicted molar refractivity (Wildman–Crippen MR) is 120 cm³/mol. The average Bonchev–Trinajstić information content (AvgIpc) is 3.28. The summed E-state index contributed by atoms with van der Waals surface area (Å²) in [5.41, 5.74) is 1.47. The van der Waals surface area contributed by atoms with E-state index in [0.717, 1.165) is 5.39 Å². The minimum absolute atomic E-state index is 0.0859. The van der Waals surface area contributed by atoms with Crippen LogP contribution in [0, 0.1) is 0 Å². The van der Waals surface area contributed by atoms with Crippen LogP contribution in [0.15, 0.2) is 76.1 Å². The van der Waals surface area contributed by atoms with Gasteiger partial charge in [0.25, 0.3) is 5.56 Å². The van der Waals surface area contributed by atoms with Gasteiger partial charge in [0.2, 0.25) is 0 Å². The topological polar surface area (TPSA) is 87.6 Å². The molecule has 158 valence electrons. The zero-order valence-corrected chi connectivity index (χ0v) is 17.5. The Balaban J connectivity index is 1.63. The van der Waals surface area contributed by atoms with Crippen molar-refractivity contribution in [2.45, 2.75) is 13.1 Å². The molecule has 0 unspecified atom stereocenters. The van der Waals surface area contributed by atoms with Crippen LogP contribution in [-0.4, -0.2) is 23.0 Å². The molecule has 2 aromatic carbocycles. The van der Waals surface area contributed by atoms with Gasteiger partial charge >= 0.3 is 6.03 Å². The number of fused-ring (bicyclic) bond motifs is 1. The number of carbonyl (C=O) groups excluding carboxylic acids is 1. The molecular formula is C23H20ClN3O4.